The van der Waals surface area contributed by atoms with Crippen LogP contribution in [0.5, 0.6) is 0 Å². The predicted octanol–water partition coefficient (Wildman–Crippen LogP) is 5.57. The third-order valence-electron chi connectivity index (χ3n) is 5.46. The molecule has 0 N–H and O–H groups in total. The summed E-state index contributed by atoms with van der Waals surface area (Å²) in [5, 5.41) is 0.412. The zero-order chi connectivity index (χ0) is 19.6. The molecule has 0 saturated carbocycles. The van der Waals surface area contributed by atoms with Gasteiger partial charge in [-0.25, -0.2) is 0 Å². The molecular formula is C22H28O3Si. The maximum Gasteiger partial charge on any atom is 0.208 e. The highest BCUT2D eigenvalue weighted by molar-refractivity contribution is 6.90. The molecule has 1 aromatic heterocycles. The van der Waals surface area contributed by atoms with Crippen molar-refractivity contribution in [2.75, 3.05) is 0 Å². The van der Waals surface area contributed by atoms with Crippen LogP contribution in [0, 0.1) is 11.5 Å². The molecule has 0 unspecified atom stereocenters. The lowest BCUT2D eigenvalue weighted by Crippen LogP contribution is -2.43. The first-order chi connectivity index (χ1) is 12.1. The Labute approximate surface area is 156 Å². The van der Waals surface area contributed by atoms with E-state index in [1.807, 2.05) is 0 Å². The molecule has 138 valence electrons. The van der Waals surface area contributed by atoms with Crippen LogP contribution >= 0.6 is 0 Å². The fourth-order valence-electron chi connectivity index (χ4n) is 4.05. The molecule has 4 heteroatoms. The second-order valence-corrected chi connectivity index (χ2v) is 13.5. The molecule has 0 radical (unpaired) electrons. The second-order valence-electron chi connectivity index (χ2n) is 7.89. The van der Waals surface area contributed by atoms with E-state index in [1.165, 1.54) is 13.2 Å². The van der Waals surface area contributed by atoms with E-state index in [2.05, 4.69) is 53.0 Å². The normalized spacial score (nSPS) is 11.9. The van der Waals surface area contributed by atoms with E-state index < -0.39 is 8.07 Å². The lowest BCUT2D eigenvalue weighted by molar-refractivity contribution is 0.101. The summed E-state index contributed by atoms with van der Waals surface area (Å²) in [6, 6.07) is 4.94. The van der Waals surface area contributed by atoms with Crippen LogP contribution in [0.3, 0.4) is 0 Å². The molecule has 0 aliphatic heterocycles. The fraction of sp³-hybridized carbons (Fsp3) is 0.455. The Balaban J connectivity index is 2.65. The molecule has 2 aromatic rings. The van der Waals surface area contributed by atoms with Gasteiger partial charge in [-0.15, -0.1) is 5.54 Å². The Bertz CT molecular complexity index is 917. The van der Waals surface area contributed by atoms with E-state index >= 15 is 0 Å². The minimum absolute atomic E-state index is 0.0753. The Morgan fingerprint density at radius 3 is 2.12 bits per heavy atom. The van der Waals surface area contributed by atoms with Crippen molar-refractivity contribution in [1.29, 1.82) is 0 Å². The first-order valence-electron chi connectivity index (χ1n) is 9.20. The van der Waals surface area contributed by atoms with Crippen molar-refractivity contribution >= 4 is 24.8 Å². The van der Waals surface area contributed by atoms with Crippen molar-refractivity contribution in [2.45, 2.75) is 65.1 Å². The van der Waals surface area contributed by atoms with Gasteiger partial charge in [0.05, 0.1) is 5.39 Å². The maximum atomic E-state index is 12.9. The standard InChI is InChI=1S/C22H28O3Si/c1-14(2)26(15(3)4,16(5)6)11-10-19-13-25-21-9-8-18(17(7)23)12-20(21)22(19)24/h8-9,12-16H,1-7H3. The second kappa shape index (κ2) is 7.63. The molecule has 2 rings (SSSR count). The largest absolute Gasteiger partial charge is 0.463 e. The summed E-state index contributed by atoms with van der Waals surface area (Å²) < 4.78 is 5.61. The quantitative estimate of drug-likeness (QED) is 0.403. The van der Waals surface area contributed by atoms with E-state index in [4.69, 9.17) is 4.42 Å². The zero-order valence-corrected chi connectivity index (χ0v) is 17.8. The first kappa shape index (κ1) is 20.2. The number of rotatable bonds is 4. The Morgan fingerprint density at radius 2 is 1.62 bits per heavy atom. The van der Waals surface area contributed by atoms with Gasteiger partial charge in [-0.05, 0) is 41.7 Å². The molecule has 0 aliphatic rings. The molecule has 0 amide bonds. The number of benzene rings is 1. The van der Waals surface area contributed by atoms with Gasteiger partial charge in [-0.3, -0.25) is 9.59 Å². The van der Waals surface area contributed by atoms with Gasteiger partial charge >= 0.3 is 0 Å². The minimum Gasteiger partial charge on any atom is -0.463 e. The SMILES string of the molecule is CC(=O)c1ccc2occ(C#C[Si](C(C)C)(C(C)C)C(C)C)c(=O)c2c1. The summed E-state index contributed by atoms with van der Waals surface area (Å²) in [5.41, 5.74) is 6.22. The van der Waals surface area contributed by atoms with Crippen LogP contribution in [-0.2, 0) is 0 Å². The molecule has 1 heterocycles. The number of carbonyl (C=O) groups excluding carboxylic acids is 1. The lowest BCUT2D eigenvalue weighted by Gasteiger charge is -2.38. The number of fused-ring (bicyclic) bond motifs is 1. The molecule has 0 aliphatic carbocycles. The number of carbonyl (C=O) groups is 1. The zero-order valence-electron chi connectivity index (χ0n) is 16.8. The van der Waals surface area contributed by atoms with Gasteiger partial charge in [0.1, 0.15) is 25.5 Å². The molecule has 0 bridgehead atoms. The fourth-order valence-corrected chi connectivity index (χ4v) is 9.26. The molecule has 1 aromatic carbocycles. The van der Waals surface area contributed by atoms with Gasteiger partial charge < -0.3 is 4.42 Å². The van der Waals surface area contributed by atoms with Crippen molar-refractivity contribution in [3.8, 4) is 11.5 Å². The molecule has 0 spiro atoms. The van der Waals surface area contributed by atoms with Gasteiger partial charge in [-0.2, -0.15) is 0 Å². The Hall–Kier alpha value is -2.12. The highest BCUT2D eigenvalue weighted by atomic mass is 28.3. The van der Waals surface area contributed by atoms with E-state index in [9.17, 15) is 9.59 Å². The highest BCUT2D eigenvalue weighted by Crippen LogP contribution is 2.40. The van der Waals surface area contributed by atoms with Gasteiger partial charge in [-0.1, -0.05) is 47.5 Å². The Kier molecular flexibility index (Phi) is 5.93. The van der Waals surface area contributed by atoms with Crippen molar-refractivity contribution in [2.24, 2.45) is 0 Å². The summed E-state index contributed by atoms with van der Waals surface area (Å²) in [5.74, 6) is 3.08. The Morgan fingerprint density at radius 1 is 1.04 bits per heavy atom. The van der Waals surface area contributed by atoms with Gasteiger partial charge in [0.25, 0.3) is 0 Å². The van der Waals surface area contributed by atoms with E-state index in [1.54, 1.807) is 18.2 Å². The van der Waals surface area contributed by atoms with E-state index in [-0.39, 0.29) is 11.2 Å². The van der Waals surface area contributed by atoms with Crippen molar-refractivity contribution in [3.63, 3.8) is 0 Å². The van der Waals surface area contributed by atoms with Crippen LogP contribution in [-0.4, -0.2) is 13.9 Å². The smallest absolute Gasteiger partial charge is 0.208 e. The van der Waals surface area contributed by atoms with Gasteiger partial charge in [0.2, 0.25) is 5.43 Å². The van der Waals surface area contributed by atoms with Crippen molar-refractivity contribution in [1.82, 2.24) is 0 Å². The average molecular weight is 369 g/mol. The topological polar surface area (TPSA) is 47.3 Å². The van der Waals surface area contributed by atoms with Crippen molar-refractivity contribution < 1.29 is 9.21 Å². The molecule has 0 saturated heterocycles. The van der Waals surface area contributed by atoms with Crippen LogP contribution in [0.25, 0.3) is 11.0 Å². The molecule has 0 fully saturated rings. The first-order valence-corrected chi connectivity index (χ1v) is 11.4. The maximum absolute atomic E-state index is 12.9. The summed E-state index contributed by atoms with van der Waals surface area (Å²) in [7, 11) is -1.93. The lowest BCUT2D eigenvalue weighted by atomic mass is 10.1. The van der Waals surface area contributed by atoms with E-state index in [0.717, 1.165) is 0 Å². The predicted molar refractivity (Wildman–Crippen MR) is 110 cm³/mol. The summed E-state index contributed by atoms with van der Waals surface area (Å²) >= 11 is 0. The number of ketones is 1. The number of Topliss-reactive ketones (excluding diaryl/α,β-unsaturated/α-hetero) is 1. The van der Waals surface area contributed by atoms with Gasteiger partial charge in [0.15, 0.2) is 5.78 Å². The molecule has 26 heavy (non-hydrogen) atoms. The number of hydrogen-bond donors (Lipinski definition) is 0. The summed E-state index contributed by atoms with van der Waals surface area (Å²) in [6.45, 7) is 14.9. The molecular weight excluding hydrogens is 340 g/mol. The van der Waals surface area contributed by atoms with Crippen LogP contribution in [0.2, 0.25) is 16.6 Å². The van der Waals surface area contributed by atoms with Crippen molar-refractivity contribution in [3.05, 3.63) is 45.8 Å². The van der Waals surface area contributed by atoms with Crippen LogP contribution in [0.15, 0.2) is 33.7 Å². The van der Waals surface area contributed by atoms with Crippen LogP contribution in [0.4, 0.5) is 0 Å². The van der Waals surface area contributed by atoms with E-state index in [0.29, 0.717) is 38.7 Å². The third kappa shape index (κ3) is 3.54. The monoisotopic (exact) mass is 368 g/mol. The molecule has 0 atom stereocenters. The van der Waals surface area contributed by atoms with Gasteiger partial charge in [0, 0.05) is 5.56 Å². The summed E-state index contributed by atoms with van der Waals surface area (Å²) in [6.07, 6.45) is 1.45. The minimum atomic E-state index is -1.93. The van der Waals surface area contributed by atoms with Crippen LogP contribution in [0.1, 0.15) is 64.4 Å². The molecule has 3 nitrogen and oxygen atoms in total. The van der Waals surface area contributed by atoms with Crippen LogP contribution < -0.4 is 5.43 Å². The summed E-state index contributed by atoms with van der Waals surface area (Å²) in [4.78, 5) is 24.5. The third-order valence-corrected chi connectivity index (χ3v) is 11.7. The average Bonchev–Trinajstić information content (AvgIpc) is 2.55. The number of hydrogen-bond acceptors (Lipinski definition) is 3. The highest BCUT2D eigenvalue weighted by Gasteiger charge is 2.41.